The van der Waals surface area contributed by atoms with Crippen LogP contribution in [-0.4, -0.2) is 86.3 Å². The van der Waals surface area contributed by atoms with Crippen molar-refractivity contribution in [3.8, 4) is 0 Å². The molecule has 0 fully saturated rings. The number of nitrogens with zero attached hydrogens (tertiary/aromatic N) is 3. The van der Waals surface area contributed by atoms with Gasteiger partial charge in [0.15, 0.2) is 11.5 Å². The van der Waals surface area contributed by atoms with Crippen molar-refractivity contribution in [2.45, 2.75) is 19.6 Å². The minimum atomic E-state index is -5.55. The van der Waals surface area contributed by atoms with Crippen LogP contribution in [0.15, 0.2) is 72.1 Å². The summed E-state index contributed by atoms with van der Waals surface area (Å²) in [7, 11) is -26.5. The van der Waals surface area contributed by atoms with E-state index in [4.69, 9.17) is 17.3 Å². The number of benzene rings is 3. The zero-order valence-corrected chi connectivity index (χ0v) is 32.3. The number of rotatable bonds is 12. The molecule has 0 bridgehead atoms. The van der Waals surface area contributed by atoms with Gasteiger partial charge in [0, 0.05) is 5.69 Å². The molecule has 310 valence electrons. The third-order valence-corrected chi connectivity index (χ3v) is 12.1. The fourth-order valence-electron chi connectivity index (χ4n) is 4.91. The molecule has 0 saturated heterocycles. The first-order valence-electron chi connectivity index (χ1n) is 14.4. The molecule has 0 aliphatic heterocycles. The molecular weight excluding hydrogens is 914 g/mol. The van der Waals surface area contributed by atoms with Crippen LogP contribution in [0.25, 0.3) is 6.08 Å². The summed E-state index contributed by atoms with van der Waals surface area (Å²) < 4.78 is 198. The van der Waals surface area contributed by atoms with Gasteiger partial charge in [-0.1, -0.05) is 11.6 Å². The predicted octanol–water partition coefficient (Wildman–Crippen LogP) is 2.05. The maximum absolute atomic E-state index is 13.9. The molecule has 1 aromatic heterocycles. The summed E-state index contributed by atoms with van der Waals surface area (Å²) in [6.07, 6.45) is -1.17. The van der Waals surface area contributed by atoms with Crippen molar-refractivity contribution < 1.29 is 78.4 Å². The number of nitrogen functional groups attached to an aromatic ring is 1. The van der Waals surface area contributed by atoms with E-state index in [-0.39, 0.29) is 5.69 Å². The van der Waals surface area contributed by atoms with E-state index in [1.54, 1.807) is 0 Å². The molecule has 0 atom stereocenters. The van der Waals surface area contributed by atoms with Crippen molar-refractivity contribution in [1.29, 1.82) is 0 Å². The minimum absolute atomic E-state index is 0.301. The van der Waals surface area contributed by atoms with E-state index in [0.717, 1.165) is 12.1 Å². The number of fused-ring (bicyclic) bond motifs is 1. The van der Waals surface area contributed by atoms with E-state index in [1.807, 2.05) is 16.3 Å². The number of ketones is 1. The van der Waals surface area contributed by atoms with Gasteiger partial charge in [0.2, 0.25) is 11.7 Å². The molecule has 0 spiro atoms. The molecule has 1 heterocycles. The van der Waals surface area contributed by atoms with Crippen LogP contribution in [0.1, 0.15) is 15.9 Å². The molecule has 32 heteroatoms. The second kappa shape index (κ2) is 15.0. The fourth-order valence-corrected chi connectivity index (χ4v) is 8.15. The first-order chi connectivity index (χ1) is 26.5. The second-order valence-electron chi connectivity index (χ2n) is 11.1. The van der Waals surface area contributed by atoms with Gasteiger partial charge in [0.05, 0.1) is 33.2 Å². The number of hydrogen-bond donors (Lipinski definition) is 10. The second-order valence-corrected chi connectivity index (χ2v) is 18.5. The van der Waals surface area contributed by atoms with Gasteiger partial charge in [-0.3, -0.25) is 43.8 Å². The Kier molecular flexibility index (Phi) is 11.3. The van der Waals surface area contributed by atoms with Crippen LogP contribution >= 0.6 is 11.6 Å². The lowest BCUT2D eigenvalue weighted by atomic mass is 9.92. The molecule has 11 N–H and O–H groups in total. The first-order valence-corrected chi connectivity index (χ1v) is 22.0. The van der Waals surface area contributed by atoms with E-state index in [0.29, 0.717) is 36.4 Å². The smallest absolute Gasteiger partial charge is 0.313 e. The van der Waals surface area contributed by atoms with Crippen LogP contribution < -0.4 is 27.3 Å². The normalized spacial score (nSPS) is 14.4. The van der Waals surface area contributed by atoms with Crippen LogP contribution in [0.4, 0.5) is 43.0 Å². The Bertz CT molecular complexity index is 3110. The standard InChI is InChI=1S/C26H19ClF2N8O16S5/c27-19-24(28)32-26(29)33-25(19)31-10-1-3-14(55(42,43)44)12(7-10)34-37-22-17(58(51,52)53)6-9-5-16(57(48,49)50)21(20(30)18(9)23(22)38)36-35-13-8-11(54(39,40)41)2-4-15(13)56(45,46)47/h1-8,34-36H,30H2,(H,31,32,33)(H,39,40,41)(H,42,43,44)(H,45,46,47)(H,48,49,50)(H,51,52,53)/b37-22-. The van der Waals surface area contributed by atoms with E-state index >= 15 is 0 Å². The maximum Gasteiger partial charge on any atom is 0.313 e. The summed E-state index contributed by atoms with van der Waals surface area (Å²) in [5, 5.41) is 5.03. The minimum Gasteiger partial charge on any atom is -0.396 e. The summed E-state index contributed by atoms with van der Waals surface area (Å²) in [6.45, 7) is 0. The lowest BCUT2D eigenvalue weighted by Crippen LogP contribution is -2.29. The molecule has 24 nitrogen and oxygen atoms in total. The molecule has 1 aliphatic rings. The molecule has 0 amide bonds. The number of anilines is 6. The molecule has 1 aliphatic carbocycles. The third-order valence-electron chi connectivity index (χ3n) is 7.32. The molecule has 3 aromatic carbocycles. The number of hydrazine groups is 1. The molecule has 0 unspecified atom stereocenters. The quantitative estimate of drug-likeness (QED) is 0.0319. The first kappa shape index (κ1) is 43.6. The van der Waals surface area contributed by atoms with Gasteiger partial charge in [-0.2, -0.15) is 65.9 Å². The number of halogens is 3. The van der Waals surface area contributed by atoms with Crippen molar-refractivity contribution in [3.05, 3.63) is 75.5 Å². The lowest BCUT2D eigenvalue weighted by Gasteiger charge is -2.23. The van der Waals surface area contributed by atoms with Crippen LogP contribution in [0, 0.1) is 12.0 Å². The van der Waals surface area contributed by atoms with Crippen LogP contribution in [-0.2, 0) is 50.6 Å². The number of hydrazone groups is 1. The van der Waals surface area contributed by atoms with Gasteiger partial charge in [-0.05, 0) is 54.1 Å². The zero-order valence-electron chi connectivity index (χ0n) is 27.4. The number of hydrogen-bond acceptors (Lipinski definition) is 19. The van der Waals surface area contributed by atoms with Crippen molar-refractivity contribution in [2.75, 3.05) is 27.3 Å². The highest BCUT2D eigenvalue weighted by Gasteiger charge is 2.37. The van der Waals surface area contributed by atoms with E-state index in [9.17, 15) is 78.4 Å². The van der Waals surface area contributed by atoms with Crippen molar-refractivity contribution in [2.24, 2.45) is 5.10 Å². The van der Waals surface area contributed by atoms with Crippen LogP contribution in [0.5, 0.6) is 0 Å². The van der Waals surface area contributed by atoms with Gasteiger partial charge < -0.3 is 11.1 Å². The highest BCUT2D eigenvalue weighted by molar-refractivity contribution is 7.91. The monoisotopic (exact) mass is 932 g/mol. The number of Topliss-reactive ketones (excluding diaryl/α,β-unsaturated/α-hetero) is 1. The Labute approximate surface area is 328 Å². The van der Waals surface area contributed by atoms with Crippen molar-refractivity contribution in [1.82, 2.24) is 9.97 Å². The highest BCUT2D eigenvalue weighted by atomic mass is 35.5. The van der Waals surface area contributed by atoms with E-state index in [1.165, 1.54) is 0 Å². The number of nitrogens with one attached hydrogen (secondary N) is 4. The SMILES string of the molecule is Nc1c(NNc2cc(S(=O)(=O)O)ccc2S(=O)(=O)O)c(S(=O)(=O)O)cc2c1C(=O)/C(=N\Nc1cc(Nc3nc(F)nc(F)c3Cl)ccc1S(=O)(=O)O)C(S(=O)(=O)O)=C2. The molecular formula is C26H19ClF2N8O16S5. The molecule has 0 saturated carbocycles. The topological polar surface area (TPSA) is 401 Å². The fraction of sp³-hybridized carbons (Fsp3) is 0. The number of carbonyl (C=O) groups excluding carboxylic acids is 1. The summed E-state index contributed by atoms with van der Waals surface area (Å²) in [4.78, 5) is 14.2. The van der Waals surface area contributed by atoms with Crippen molar-refractivity contribution in [3.63, 3.8) is 0 Å². The number of allylic oxidation sites excluding steroid dienone is 1. The maximum atomic E-state index is 13.9. The average molecular weight is 933 g/mol. The predicted molar refractivity (Wildman–Crippen MR) is 195 cm³/mol. The zero-order chi connectivity index (χ0) is 43.5. The summed E-state index contributed by atoms with van der Waals surface area (Å²) in [5.74, 6) is -3.81. The molecule has 5 rings (SSSR count). The Hall–Kier alpha value is -5.48. The Morgan fingerprint density at radius 2 is 1.29 bits per heavy atom. The lowest BCUT2D eigenvalue weighted by molar-refractivity contribution is 0.106. The Morgan fingerprint density at radius 1 is 0.707 bits per heavy atom. The largest absolute Gasteiger partial charge is 0.396 e. The summed E-state index contributed by atoms with van der Waals surface area (Å²) >= 11 is 5.74. The molecule has 4 aromatic rings. The average Bonchev–Trinajstić information content (AvgIpc) is 3.07. The number of aromatic nitrogens is 2. The number of carbonyl (C=O) groups is 1. The summed E-state index contributed by atoms with van der Waals surface area (Å²) in [6, 6.07) is 4.25. The summed E-state index contributed by atoms with van der Waals surface area (Å²) in [5.41, 5.74) is 5.07. The molecule has 58 heavy (non-hydrogen) atoms. The Morgan fingerprint density at radius 3 is 1.86 bits per heavy atom. The van der Waals surface area contributed by atoms with Crippen LogP contribution in [0.2, 0.25) is 5.02 Å². The highest BCUT2D eigenvalue weighted by Crippen LogP contribution is 2.39. The molecule has 0 radical (unpaired) electrons. The van der Waals surface area contributed by atoms with Crippen molar-refractivity contribution >= 4 is 114 Å². The third kappa shape index (κ3) is 9.12. The number of nitrogens with two attached hydrogens (primary N) is 1. The van der Waals surface area contributed by atoms with Crippen LogP contribution in [0.3, 0.4) is 0 Å². The Balaban J connectivity index is 1.66. The van der Waals surface area contributed by atoms with Gasteiger partial charge in [0.25, 0.3) is 50.6 Å². The van der Waals surface area contributed by atoms with E-state index < -0.39 is 143 Å². The van der Waals surface area contributed by atoms with Gasteiger partial charge in [-0.25, -0.2) is 0 Å². The van der Waals surface area contributed by atoms with E-state index in [2.05, 4.69) is 20.4 Å². The van der Waals surface area contributed by atoms with Gasteiger partial charge in [-0.15, -0.1) is 0 Å². The van der Waals surface area contributed by atoms with Gasteiger partial charge >= 0.3 is 6.08 Å². The van der Waals surface area contributed by atoms with Gasteiger partial charge in [0.1, 0.15) is 24.6 Å².